The molecule has 1 aromatic heterocycles. The van der Waals surface area contributed by atoms with Crippen LogP contribution in [-0.2, 0) is 4.74 Å². The van der Waals surface area contributed by atoms with Gasteiger partial charge in [-0.2, -0.15) is 0 Å². The Kier molecular flexibility index (Phi) is 3.98. The van der Waals surface area contributed by atoms with Crippen molar-refractivity contribution in [3.8, 4) is 0 Å². The van der Waals surface area contributed by atoms with E-state index in [1.165, 1.54) is 0 Å². The summed E-state index contributed by atoms with van der Waals surface area (Å²) in [6.45, 7) is 5.04. The highest BCUT2D eigenvalue weighted by atomic mass is 16.5. The number of carbonyl (C=O) groups excluding carboxylic acids is 1. The first kappa shape index (κ1) is 14.8. The van der Waals surface area contributed by atoms with Crippen LogP contribution < -0.4 is 4.90 Å². The Morgan fingerprint density at radius 3 is 2.68 bits per heavy atom. The minimum atomic E-state index is 0.00695. The van der Waals surface area contributed by atoms with Crippen LogP contribution in [0.25, 0.3) is 10.9 Å². The molecule has 5 heteroatoms. The number of para-hydroxylation sites is 1. The Hall–Kier alpha value is -2.14. The normalized spacial score (nSPS) is 15.1. The fourth-order valence-electron chi connectivity index (χ4n) is 2.75. The number of nitrogens with zero attached hydrogens (tertiary/aromatic N) is 3. The minimum absolute atomic E-state index is 0.00695. The first-order valence-electron chi connectivity index (χ1n) is 7.52. The first-order valence-corrected chi connectivity index (χ1v) is 7.52. The largest absolute Gasteiger partial charge is 0.378 e. The average molecular weight is 299 g/mol. The summed E-state index contributed by atoms with van der Waals surface area (Å²) in [6.07, 6.45) is 0. The van der Waals surface area contributed by atoms with Crippen molar-refractivity contribution >= 4 is 22.6 Å². The molecule has 1 saturated heterocycles. The molecule has 0 radical (unpaired) electrons. The lowest BCUT2D eigenvalue weighted by Crippen LogP contribution is -2.37. The van der Waals surface area contributed by atoms with Gasteiger partial charge in [0.1, 0.15) is 5.82 Å². The van der Waals surface area contributed by atoms with Crippen molar-refractivity contribution < 1.29 is 9.53 Å². The second-order valence-electron chi connectivity index (χ2n) is 5.80. The zero-order valence-corrected chi connectivity index (χ0v) is 13.3. The van der Waals surface area contributed by atoms with Crippen LogP contribution >= 0.6 is 0 Å². The van der Waals surface area contributed by atoms with Crippen molar-refractivity contribution in [2.75, 3.05) is 45.3 Å². The van der Waals surface area contributed by atoms with Gasteiger partial charge in [0.15, 0.2) is 0 Å². The molecule has 116 valence electrons. The summed E-state index contributed by atoms with van der Waals surface area (Å²) in [7, 11) is 3.55. The molecule has 1 aliphatic rings. The van der Waals surface area contributed by atoms with Crippen molar-refractivity contribution in [1.82, 2.24) is 9.88 Å². The lowest BCUT2D eigenvalue weighted by atomic mass is 10.0. The molecule has 0 saturated carbocycles. The van der Waals surface area contributed by atoms with Crippen LogP contribution in [-0.4, -0.2) is 56.2 Å². The van der Waals surface area contributed by atoms with Gasteiger partial charge in [0, 0.05) is 32.6 Å². The smallest absolute Gasteiger partial charge is 0.254 e. The van der Waals surface area contributed by atoms with E-state index in [-0.39, 0.29) is 5.91 Å². The van der Waals surface area contributed by atoms with E-state index < -0.39 is 0 Å². The zero-order chi connectivity index (χ0) is 15.7. The van der Waals surface area contributed by atoms with Crippen LogP contribution in [0.15, 0.2) is 24.3 Å². The number of amides is 1. The van der Waals surface area contributed by atoms with Crippen LogP contribution in [0.1, 0.15) is 15.9 Å². The number of aromatic nitrogens is 1. The SMILES string of the molecule is Cc1cccc2c(C(=O)N(C)C)cc(N3CCOCC3)nc12. The lowest BCUT2D eigenvalue weighted by Gasteiger charge is -2.28. The van der Waals surface area contributed by atoms with Gasteiger partial charge in [-0.05, 0) is 18.6 Å². The fourth-order valence-corrected chi connectivity index (χ4v) is 2.75. The van der Waals surface area contributed by atoms with Crippen LogP contribution in [0.3, 0.4) is 0 Å². The molecule has 0 aliphatic carbocycles. The highest BCUT2D eigenvalue weighted by molar-refractivity contribution is 6.07. The van der Waals surface area contributed by atoms with Gasteiger partial charge in [-0.25, -0.2) is 4.98 Å². The number of fused-ring (bicyclic) bond motifs is 1. The monoisotopic (exact) mass is 299 g/mol. The quantitative estimate of drug-likeness (QED) is 0.852. The van der Waals surface area contributed by atoms with E-state index in [2.05, 4.69) is 4.90 Å². The molecule has 1 aliphatic heterocycles. The molecule has 3 rings (SSSR count). The maximum absolute atomic E-state index is 12.6. The molecule has 0 atom stereocenters. The maximum Gasteiger partial charge on any atom is 0.254 e. The number of carbonyl (C=O) groups is 1. The summed E-state index contributed by atoms with van der Waals surface area (Å²) in [4.78, 5) is 21.2. The van der Waals surface area contributed by atoms with E-state index in [4.69, 9.17) is 9.72 Å². The predicted octanol–water partition coefficient (Wildman–Crippen LogP) is 2.08. The second-order valence-corrected chi connectivity index (χ2v) is 5.80. The molecule has 2 aromatic rings. The molecule has 0 bridgehead atoms. The molecule has 1 aromatic carbocycles. The molecule has 1 amide bonds. The lowest BCUT2D eigenvalue weighted by molar-refractivity contribution is 0.0829. The maximum atomic E-state index is 12.6. The molecule has 0 N–H and O–H groups in total. The van der Waals surface area contributed by atoms with Gasteiger partial charge >= 0.3 is 0 Å². The van der Waals surface area contributed by atoms with Gasteiger partial charge in [-0.3, -0.25) is 4.79 Å². The predicted molar refractivity (Wildman–Crippen MR) is 87.5 cm³/mol. The van der Waals surface area contributed by atoms with E-state index >= 15 is 0 Å². The van der Waals surface area contributed by atoms with Crippen molar-refractivity contribution in [2.45, 2.75) is 6.92 Å². The summed E-state index contributed by atoms with van der Waals surface area (Å²) >= 11 is 0. The number of ether oxygens (including phenoxy) is 1. The minimum Gasteiger partial charge on any atom is -0.378 e. The Morgan fingerprint density at radius 1 is 1.27 bits per heavy atom. The molecule has 1 fully saturated rings. The summed E-state index contributed by atoms with van der Waals surface area (Å²) < 4.78 is 5.40. The van der Waals surface area contributed by atoms with E-state index in [1.54, 1.807) is 19.0 Å². The molecule has 0 spiro atoms. The number of hydrogen-bond donors (Lipinski definition) is 0. The number of morpholine rings is 1. The number of hydrogen-bond acceptors (Lipinski definition) is 4. The van der Waals surface area contributed by atoms with Gasteiger partial charge in [-0.15, -0.1) is 0 Å². The van der Waals surface area contributed by atoms with E-state index in [0.29, 0.717) is 18.8 Å². The van der Waals surface area contributed by atoms with Gasteiger partial charge in [0.25, 0.3) is 5.91 Å². The number of benzene rings is 1. The Balaban J connectivity index is 2.18. The summed E-state index contributed by atoms with van der Waals surface area (Å²) in [5, 5.41) is 0.913. The van der Waals surface area contributed by atoms with Gasteiger partial charge in [-0.1, -0.05) is 18.2 Å². The Morgan fingerprint density at radius 2 is 2.00 bits per heavy atom. The second kappa shape index (κ2) is 5.93. The topological polar surface area (TPSA) is 45.7 Å². The highest BCUT2D eigenvalue weighted by Crippen LogP contribution is 2.26. The summed E-state index contributed by atoms with van der Waals surface area (Å²) in [5.74, 6) is 0.864. The standard InChI is InChI=1S/C17H21N3O2/c1-12-5-4-6-13-14(17(21)19(2)3)11-15(18-16(12)13)20-7-9-22-10-8-20/h4-6,11H,7-10H2,1-3H3. The highest BCUT2D eigenvalue weighted by Gasteiger charge is 2.19. The van der Waals surface area contributed by atoms with Crippen molar-refractivity contribution in [1.29, 1.82) is 0 Å². The van der Waals surface area contributed by atoms with E-state index in [0.717, 1.165) is 35.4 Å². The van der Waals surface area contributed by atoms with Crippen LogP contribution in [0, 0.1) is 6.92 Å². The fraction of sp³-hybridized carbons (Fsp3) is 0.412. The van der Waals surface area contributed by atoms with Crippen LogP contribution in [0.2, 0.25) is 0 Å². The van der Waals surface area contributed by atoms with Crippen molar-refractivity contribution in [3.63, 3.8) is 0 Å². The van der Waals surface area contributed by atoms with E-state index in [1.807, 2.05) is 31.2 Å². The van der Waals surface area contributed by atoms with E-state index in [9.17, 15) is 4.79 Å². The van der Waals surface area contributed by atoms with Gasteiger partial charge in [0.2, 0.25) is 0 Å². The molecule has 22 heavy (non-hydrogen) atoms. The zero-order valence-electron chi connectivity index (χ0n) is 13.3. The van der Waals surface area contributed by atoms with Crippen molar-refractivity contribution in [2.24, 2.45) is 0 Å². The van der Waals surface area contributed by atoms with Gasteiger partial charge in [0.05, 0.1) is 24.3 Å². The van der Waals surface area contributed by atoms with Crippen LogP contribution in [0.4, 0.5) is 5.82 Å². The number of rotatable bonds is 2. The molecular weight excluding hydrogens is 278 g/mol. The van der Waals surface area contributed by atoms with Crippen LogP contribution in [0.5, 0.6) is 0 Å². The number of anilines is 1. The summed E-state index contributed by atoms with van der Waals surface area (Å²) in [5.41, 5.74) is 2.69. The third-order valence-corrected chi connectivity index (χ3v) is 4.00. The molecule has 2 heterocycles. The van der Waals surface area contributed by atoms with Gasteiger partial charge < -0.3 is 14.5 Å². The van der Waals surface area contributed by atoms with Crippen molar-refractivity contribution in [3.05, 3.63) is 35.4 Å². The molecular formula is C17H21N3O2. The molecule has 5 nitrogen and oxygen atoms in total. The third-order valence-electron chi connectivity index (χ3n) is 4.00. The third kappa shape index (κ3) is 2.64. The number of pyridine rings is 1. The summed E-state index contributed by atoms with van der Waals surface area (Å²) in [6, 6.07) is 7.88. The molecule has 0 unspecified atom stereocenters. The average Bonchev–Trinajstić information content (AvgIpc) is 2.54. The first-order chi connectivity index (χ1) is 10.6. The number of aryl methyl sites for hydroxylation is 1. The Bertz CT molecular complexity index is 706. The Labute approximate surface area is 130 Å².